The van der Waals surface area contributed by atoms with Gasteiger partial charge in [0, 0.05) is 11.6 Å². The van der Waals surface area contributed by atoms with Gasteiger partial charge in [-0.15, -0.1) is 0 Å². The molecule has 0 saturated carbocycles. The molecule has 37 heavy (non-hydrogen) atoms. The first-order valence-electron chi connectivity index (χ1n) is 12.1. The van der Waals surface area contributed by atoms with Gasteiger partial charge >= 0.3 is 6.18 Å². The van der Waals surface area contributed by atoms with Crippen molar-refractivity contribution in [3.8, 4) is 6.07 Å². The van der Waals surface area contributed by atoms with E-state index in [-0.39, 0.29) is 12.2 Å². The monoisotopic (exact) mass is 517 g/mol. The van der Waals surface area contributed by atoms with Crippen molar-refractivity contribution in [2.45, 2.75) is 66.3 Å². The second-order valence-corrected chi connectivity index (χ2v) is 7.34. The maximum absolute atomic E-state index is 13.2. The van der Waals surface area contributed by atoms with E-state index in [0.717, 1.165) is 27.7 Å². The zero-order valence-corrected chi connectivity index (χ0v) is 22.4. The van der Waals surface area contributed by atoms with Gasteiger partial charge in [-0.2, -0.15) is 18.4 Å². The summed E-state index contributed by atoms with van der Waals surface area (Å²) in [4.78, 5) is 4.34. The maximum Gasteiger partial charge on any atom is 0.422 e. The SMILES string of the molecule is C=C/C(=C\C=C/C)c1cc(C#N)nc2cc(CN(N)/C=C(\N)C(O)(CC)C(F)(F)F)ccc12.CC.CC. The first kappa shape index (κ1) is 33.4. The van der Waals surface area contributed by atoms with Crippen LogP contribution >= 0.6 is 0 Å². The molecule has 2 rings (SSSR count). The van der Waals surface area contributed by atoms with E-state index in [1.807, 2.05) is 58.9 Å². The number of hydrogen-bond donors (Lipinski definition) is 3. The van der Waals surface area contributed by atoms with Gasteiger partial charge in [-0.05, 0) is 42.2 Å². The Morgan fingerprint density at radius 3 is 2.32 bits per heavy atom. The fourth-order valence-electron chi connectivity index (χ4n) is 3.25. The smallest absolute Gasteiger partial charge is 0.398 e. The Morgan fingerprint density at radius 1 is 1.22 bits per heavy atom. The number of fused-ring (bicyclic) bond motifs is 1. The highest BCUT2D eigenvalue weighted by Gasteiger charge is 2.54. The molecule has 2 aromatic rings. The number of benzene rings is 1. The summed E-state index contributed by atoms with van der Waals surface area (Å²) in [7, 11) is 0. The Labute approximate surface area is 218 Å². The van der Waals surface area contributed by atoms with E-state index in [4.69, 9.17) is 11.6 Å². The zero-order chi connectivity index (χ0) is 28.8. The minimum Gasteiger partial charge on any atom is -0.398 e. The molecule has 1 aromatic heterocycles. The standard InChI is InChI=1S/C24H26F3N5O.2C2H6/c1-4-7-8-17(5-2)20-12-18(13-28)31-21-11-16(9-10-19(20)21)14-32(30)15-22(29)23(33,6-3)24(25,26)27;2*1-2/h4-5,7-12,15,33H,2,6,14,29-30H2,1,3H3;2*1-2H3/b7-4-,17-8+,22-15-;;. The molecule has 0 aliphatic heterocycles. The molecule has 6 nitrogen and oxygen atoms in total. The van der Waals surface area contributed by atoms with Crippen LogP contribution < -0.4 is 11.6 Å². The van der Waals surface area contributed by atoms with Gasteiger partial charge in [0.2, 0.25) is 5.60 Å². The number of nitriles is 1. The number of aliphatic hydroxyl groups is 1. The van der Waals surface area contributed by atoms with Crippen molar-refractivity contribution in [1.29, 1.82) is 5.26 Å². The quantitative estimate of drug-likeness (QED) is 0.210. The normalized spacial score (nSPS) is 13.6. The molecule has 0 aliphatic carbocycles. The lowest BCUT2D eigenvalue weighted by Gasteiger charge is -2.30. The fraction of sp³-hybridized carbons (Fsp3) is 0.357. The van der Waals surface area contributed by atoms with Crippen molar-refractivity contribution in [1.82, 2.24) is 9.99 Å². The Bertz CT molecular complexity index is 1160. The van der Waals surface area contributed by atoms with Crippen molar-refractivity contribution >= 4 is 16.5 Å². The van der Waals surface area contributed by atoms with Gasteiger partial charge in [0.1, 0.15) is 11.8 Å². The number of pyridine rings is 1. The van der Waals surface area contributed by atoms with E-state index in [9.17, 15) is 23.5 Å². The predicted molar refractivity (Wildman–Crippen MR) is 145 cm³/mol. The first-order valence-corrected chi connectivity index (χ1v) is 12.1. The molecule has 0 saturated heterocycles. The van der Waals surface area contributed by atoms with Gasteiger partial charge in [0.05, 0.1) is 17.8 Å². The summed E-state index contributed by atoms with van der Waals surface area (Å²) >= 11 is 0. The van der Waals surface area contributed by atoms with Crippen molar-refractivity contribution < 1.29 is 18.3 Å². The van der Waals surface area contributed by atoms with Crippen molar-refractivity contribution in [3.63, 3.8) is 0 Å². The molecule has 1 heterocycles. The minimum atomic E-state index is -4.94. The average molecular weight is 518 g/mol. The van der Waals surface area contributed by atoms with Crippen molar-refractivity contribution in [3.05, 3.63) is 83.9 Å². The van der Waals surface area contributed by atoms with Crippen LogP contribution in [0.2, 0.25) is 0 Å². The summed E-state index contributed by atoms with van der Waals surface area (Å²) in [5, 5.41) is 21.1. The molecule has 0 amide bonds. The van der Waals surface area contributed by atoms with E-state index >= 15 is 0 Å². The largest absolute Gasteiger partial charge is 0.422 e. The van der Waals surface area contributed by atoms with Crippen LogP contribution in [-0.2, 0) is 6.54 Å². The number of allylic oxidation sites excluding steroid dienone is 5. The summed E-state index contributed by atoms with van der Waals surface area (Å²) in [5.41, 5.74) is 4.46. The van der Waals surface area contributed by atoms with E-state index in [0.29, 0.717) is 11.1 Å². The molecule has 0 aliphatic rings. The number of halogens is 3. The van der Waals surface area contributed by atoms with Crippen LogP contribution in [0, 0.1) is 11.3 Å². The molecule has 0 bridgehead atoms. The highest BCUT2D eigenvalue weighted by Crippen LogP contribution is 2.37. The summed E-state index contributed by atoms with van der Waals surface area (Å²) < 4.78 is 39.6. The first-order chi connectivity index (χ1) is 17.5. The van der Waals surface area contributed by atoms with Gasteiger partial charge in [-0.3, -0.25) is 0 Å². The lowest BCUT2D eigenvalue weighted by molar-refractivity contribution is -0.245. The number of nitrogens with zero attached hydrogens (tertiary/aromatic N) is 3. The number of hydrazine groups is 1. The third-order valence-corrected chi connectivity index (χ3v) is 5.12. The molecule has 9 heteroatoms. The molecule has 5 N–H and O–H groups in total. The number of alkyl halides is 3. The lowest BCUT2D eigenvalue weighted by atomic mass is 9.96. The van der Waals surface area contributed by atoms with Gasteiger partial charge in [0.25, 0.3) is 0 Å². The molecule has 1 unspecified atom stereocenters. The van der Waals surface area contributed by atoms with Crippen LogP contribution in [0.4, 0.5) is 13.2 Å². The highest BCUT2D eigenvalue weighted by atomic mass is 19.4. The molecule has 1 aromatic carbocycles. The highest BCUT2D eigenvalue weighted by molar-refractivity contribution is 5.95. The van der Waals surface area contributed by atoms with Gasteiger partial charge in [-0.1, -0.05) is 77.6 Å². The van der Waals surface area contributed by atoms with Gasteiger partial charge in [-0.25, -0.2) is 10.8 Å². The average Bonchev–Trinajstić information content (AvgIpc) is 2.89. The zero-order valence-electron chi connectivity index (χ0n) is 22.4. The van der Waals surface area contributed by atoms with Gasteiger partial charge < -0.3 is 15.8 Å². The Balaban J connectivity index is 0.00000308. The second kappa shape index (κ2) is 15.5. The lowest BCUT2D eigenvalue weighted by Crippen LogP contribution is -2.49. The van der Waals surface area contributed by atoms with Crippen LogP contribution in [0.5, 0.6) is 0 Å². The number of rotatable bonds is 8. The van der Waals surface area contributed by atoms with Crippen molar-refractivity contribution in [2.75, 3.05) is 0 Å². The molecule has 0 spiro atoms. The van der Waals surface area contributed by atoms with E-state index < -0.39 is 23.9 Å². The molecular formula is C28H38F3N5O. The van der Waals surface area contributed by atoms with Crippen molar-refractivity contribution in [2.24, 2.45) is 11.6 Å². The van der Waals surface area contributed by atoms with Crippen LogP contribution in [0.15, 0.2) is 67.0 Å². The van der Waals surface area contributed by atoms with Crippen LogP contribution in [0.25, 0.3) is 16.5 Å². The summed E-state index contributed by atoms with van der Waals surface area (Å²) in [6, 6.07) is 8.93. The minimum absolute atomic E-state index is 0.00911. The Hall–Kier alpha value is -3.61. The Kier molecular flexibility index (Phi) is 14.0. The van der Waals surface area contributed by atoms with Crippen LogP contribution in [0.1, 0.15) is 64.8 Å². The second-order valence-electron chi connectivity index (χ2n) is 7.34. The predicted octanol–water partition coefficient (Wildman–Crippen LogP) is 6.48. The molecule has 0 radical (unpaired) electrons. The maximum atomic E-state index is 13.2. The van der Waals surface area contributed by atoms with E-state index in [2.05, 4.69) is 11.6 Å². The topological polar surface area (TPSA) is 112 Å². The van der Waals surface area contributed by atoms with Gasteiger partial charge in [0.15, 0.2) is 0 Å². The molecule has 0 fully saturated rings. The van der Waals surface area contributed by atoms with E-state index in [1.54, 1.807) is 30.3 Å². The number of aromatic nitrogens is 1. The molecule has 1 atom stereocenters. The molecule has 202 valence electrons. The summed E-state index contributed by atoms with van der Waals surface area (Å²) in [5.74, 6) is 5.85. The van der Waals surface area contributed by atoms with Crippen LogP contribution in [-0.4, -0.2) is 26.9 Å². The summed E-state index contributed by atoms with van der Waals surface area (Å²) in [6.45, 7) is 14.9. The third kappa shape index (κ3) is 8.48. The number of hydrogen-bond acceptors (Lipinski definition) is 6. The fourth-order valence-corrected chi connectivity index (χ4v) is 3.25. The molecular weight excluding hydrogens is 479 g/mol. The third-order valence-electron chi connectivity index (χ3n) is 5.12. The van der Waals surface area contributed by atoms with Crippen LogP contribution in [0.3, 0.4) is 0 Å². The van der Waals surface area contributed by atoms with E-state index in [1.165, 1.54) is 6.92 Å². The summed E-state index contributed by atoms with van der Waals surface area (Å²) in [6.07, 6.45) is 2.52. The Morgan fingerprint density at radius 2 is 1.84 bits per heavy atom. The number of nitrogens with two attached hydrogens (primary N) is 2.